The van der Waals surface area contributed by atoms with Crippen LogP contribution in [0.15, 0.2) is 30.3 Å². The lowest BCUT2D eigenvalue weighted by Gasteiger charge is -2.19. The maximum Gasteiger partial charge on any atom is 0.0697 e. The van der Waals surface area contributed by atoms with Crippen LogP contribution >= 0.6 is 0 Å². The topological polar surface area (TPSA) is 55.5 Å². The molecule has 0 fully saturated rings. The van der Waals surface area contributed by atoms with E-state index in [0.29, 0.717) is 19.1 Å². The van der Waals surface area contributed by atoms with Crippen molar-refractivity contribution in [3.05, 3.63) is 52.6 Å². The zero-order valence-electron chi connectivity index (χ0n) is 13.9. The second-order valence-corrected chi connectivity index (χ2v) is 6.46. The van der Waals surface area contributed by atoms with E-state index in [1.165, 1.54) is 33.4 Å². The summed E-state index contributed by atoms with van der Waals surface area (Å²) in [7, 11) is 0. The normalized spacial score (nSPS) is 12.5. The molecule has 2 aromatic rings. The van der Waals surface area contributed by atoms with Crippen LogP contribution in [-0.4, -0.2) is 24.9 Å². The van der Waals surface area contributed by atoms with E-state index in [1.54, 1.807) is 0 Å². The molecule has 1 aliphatic rings. The van der Waals surface area contributed by atoms with Gasteiger partial charge in [0.1, 0.15) is 0 Å². The molecule has 0 heterocycles. The molecule has 122 valence electrons. The van der Waals surface area contributed by atoms with E-state index in [0.717, 1.165) is 18.5 Å². The minimum absolute atomic E-state index is 0.0662. The zero-order valence-corrected chi connectivity index (χ0v) is 13.9. The van der Waals surface area contributed by atoms with Gasteiger partial charge in [0.05, 0.1) is 19.8 Å². The lowest BCUT2D eigenvalue weighted by Crippen LogP contribution is -2.09. The van der Waals surface area contributed by atoms with E-state index in [4.69, 9.17) is 15.6 Å². The van der Waals surface area contributed by atoms with Crippen LogP contribution in [0.4, 0.5) is 5.69 Å². The van der Waals surface area contributed by atoms with E-state index in [9.17, 15) is 0 Å². The van der Waals surface area contributed by atoms with Gasteiger partial charge in [0, 0.05) is 12.1 Å². The van der Waals surface area contributed by atoms with Gasteiger partial charge in [-0.1, -0.05) is 44.2 Å². The van der Waals surface area contributed by atoms with Gasteiger partial charge in [-0.2, -0.15) is 0 Å². The molecule has 0 atom stereocenters. The minimum Gasteiger partial charge on any atom is -0.398 e. The van der Waals surface area contributed by atoms with Gasteiger partial charge in [-0.05, 0) is 45.7 Å². The summed E-state index contributed by atoms with van der Waals surface area (Å²) < 4.78 is 5.46. The third-order valence-corrected chi connectivity index (χ3v) is 4.61. The maximum atomic E-state index is 8.84. The highest BCUT2D eigenvalue weighted by molar-refractivity contribution is 5.83. The van der Waals surface area contributed by atoms with E-state index in [1.807, 2.05) is 0 Å². The van der Waals surface area contributed by atoms with Gasteiger partial charge in [0.25, 0.3) is 0 Å². The largest absolute Gasteiger partial charge is 0.398 e. The van der Waals surface area contributed by atoms with Crippen LogP contribution in [0.3, 0.4) is 0 Å². The van der Waals surface area contributed by atoms with Gasteiger partial charge >= 0.3 is 0 Å². The summed E-state index contributed by atoms with van der Waals surface area (Å²) in [5.74, 6) is 0.386. The van der Waals surface area contributed by atoms with Gasteiger partial charge in [-0.15, -0.1) is 0 Å². The smallest absolute Gasteiger partial charge is 0.0697 e. The summed E-state index contributed by atoms with van der Waals surface area (Å²) in [5, 5.41) is 8.84. The van der Waals surface area contributed by atoms with E-state index < -0.39 is 0 Å². The van der Waals surface area contributed by atoms with Crippen LogP contribution in [0.5, 0.6) is 0 Å². The highest BCUT2D eigenvalue weighted by atomic mass is 16.5. The molecule has 0 saturated heterocycles. The first-order chi connectivity index (χ1) is 11.1. The molecular formula is C20H25NO2. The fourth-order valence-electron chi connectivity index (χ4n) is 3.62. The molecule has 3 heteroatoms. The average molecular weight is 311 g/mol. The number of rotatable bonds is 6. The second kappa shape index (κ2) is 6.73. The molecule has 23 heavy (non-hydrogen) atoms. The van der Waals surface area contributed by atoms with Crippen LogP contribution < -0.4 is 5.73 Å². The summed E-state index contributed by atoms with van der Waals surface area (Å²) in [6.45, 7) is 5.45. The van der Waals surface area contributed by atoms with Crippen molar-refractivity contribution >= 4 is 5.69 Å². The summed E-state index contributed by atoms with van der Waals surface area (Å²) >= 11 is 0. The molecule has 3 rings (SSSR count). The Kier molecular flexibility index (Phi) is 4.69. The number of anilines is 1. The minimum atomic E-state index is 0.0662. The Balaban J connectivity index is 2.01. The van der Waals surface area contributed by atoms with E-state index in [2.05, 4.69) is 44.2 Å². The number of hydrogen-bond donors (Lipinski definition) is 2. The van der Waals surface area contributed by atoms with Gasteiger partial charge < -0.3 is 15.6 Å². The number of nitrogen functional groups attached to an aromatic ring is 1. The molecule has 0 spiro atoms. The fourth-order valence-corrected chi connectivity index (χ4v) is 3.62. The predicted octanol–water partition coefficient (Wildman–Crippen LogP) is 3.51. The van der Waals surface area contributed by atoms with Crippen molar-refractivity contribution in [3.63, 3.8) is 0 Å². The van der Waals surface area contributed by atoms with Gasteiger partial charge in [-0.25, -0.2) is 0 Å². The van der Waals surface area contributed by atoms with Crippen molar-refractivity contribution in [1.82, 2.24) is 0 Å². The molecule has 0 unspecified atom stereocenters. The highest BCUT2D eigenvalue weighted by Gasteiger charge is 2.24. The molecular weight excluding hydrogens is 286 g/mol. The number of ether oxygens (including phenoxy) is 1. The van der Waals surface area contributed by atoms with Gasteiger partial charge in [-0.3, -0.25) is 0 Å². The van der Waals surface area contributed by atoms with Crippen LogP contribution in [0.25, 0.3) is 11.1 Å². The lowest BCUT2D eigenvalue weighted by molar-refractivity contribution is 0.0943. The Bertz CT molecular complexity index is 707. The van der Waals surface area contributed by atoms with Crippen molar-refractivity contribution in [3.8, 4) is 11.1 Å². The zero-order chi connectivity index (χ0) is 16.4. The number of fused-ring (bicyclic) bond motifs is 3. The van der Waals surface area contributed by atoms with Crippen LogP contribution in [-0.2, 0) is 17.6 Å². The monoisotopic (exact) mass is 311 g/mol. The molecule has 0 bridgehead atoms. The molecule has 3 nitrogen and oxygen atoms in total. The molecule has 3 N–H and O–H groups in total. The molecule has 0 radical (unpaired) electrons. The molecule has 0 saturated carbocycles. The molecule has 0 aromatic heterocycles. The Morgan fingerprint density at radius 2 is 1.96 bits per heavy atom. The Morgan fingerprint density at radius 1 is 1.17 bits per heavy atom. The van der Waals surface area contributed by atoms with Crippen molar-refractivity contribution in [2.45, 2.75) is 32.6 Å². The van der Waals surface area contributed by atoms with E-state index >= 15 is 0 Å². The summed E-state index contributed by atoms with van der Waals surface area (Å²) in [6, 6.07) is 10.9. The molecule has 0 amide bonds. The summed E-state index contributed by atoms with van der Waals surface area (Å²) in [4.78, 5) is 0. The Morgan fingerprint density at radius 3 is 2.70 bits per heavy atom. The SMILES string of the molecule is CC(C)c1c(CCOCCO)cc2c(c1N)Cc1ccccc1-2. The molecule has 1 aliphatic carbocycles. The third kappa shape index (κ3) is 2.99. The maximum absolute atomic E-state index is 8.84. The first-order valence-electron chi connectivity index (χ1n) is 8.34. The van der Waals surface area contributed by atoms with Crippen LogP contribution in [0.1, 0.15) is 42.0 Å². The number of aliphatic hydroxyl groups is 1. The molecule has 0 aliphatic heterocycles. The standard InChI is InChI=1S/C20H25NO2/c1-13(2)19-15(7-9-23-10-8-22)12-17-16-6-4-3-5-14(16)11-18(17)20(19)21/h3-6,12-13,22H,7-11,21H2,1-2H3. The Labute approximate surface area is 138 Å². The van der Waals surface area contributed by atoms with Crippen molar-refractivity contribution in [2.75, 3.05) is 25.6 Å². The number of hydrogen-bond acceptors (Lipinski definition) is 3. The van der Waals surface area contributed by atoms with Crippen molar-refractivity contribution < 1.29 is 9.84 Å². The van der Waals surface area contributed by atoms with Crippen LogP contribution in [0.2, 0.25) is 0 Å². The predicted molar refractivity (Wildman–Crippen MR) is 94.8 cm³/mol. The van der Waals surface area contributed by atoms with E-state index in [-0.39, 0.29) is 6.61 Å². The number of benzene rings is 2. The quantitative estimate of drug-likeness (QED) is 0.541. The van der Waals surface area contributed by atoms with Crippen molar-refractivity contribution in [1.29, 1.82) is 0 Å². The molecule has 2 aromatic carbocycles. The van der Waals surface area contributed by atoms with Gasteiger partial charge in [0.15, 0.2) is 0 Å². The first kappa shape index (κ1) is 16.0. The van der Waals surface area contributed by atoms with Crippen LogP contribution in [0, 0.1) is 0 Å². The fraction of sp³-hybridized carbons (Fsp3) is 0.400. The third-order valence-electron chi connectivity index (χ3n) is 4.61. The first-order valence-corrected chi connectivity index (χ1v) is 8.34. The van der Waals surface area contributed by atoms with Gasteiger partial charge in [0.2, 0.25) is 0 Å². The second-order valence-electron chi connectivity index (χ2n) is 6.46. The average Bonchev–Trinajstić information content (AvgIpc) is 2.90. The summed E-state index contributed by atoms with van der Waals surface area (Å²) in [6.07, 6.45) is 1.76. The number of aliphatic hydroxyl groups excluding tert-OH is 1. The lowest BCUT2D eigenvalue weighted by atomic mass is 9.88. The highest BCUT2D eigenvalue weighted by Crippen LogP contribution is 2.43. The number of nitrogens with two attached hydrogens (primary N) is 1. The summed E-state index contributed by atoms with van der Waals surface area (Å²) in [5.41, 5.74) is 15.3. The Hall–Kier alpha value is -1.84. The van der Waals surface area contributed by atoms with Crippen molar-refractivity contribution in [2.24, 2.45) is 0 Å².